The molecule has 0 N–H and O–H groups in total. The van der Waals surface area contributed by atoms with Gasteiger partial charge in [0.1, 0.15) is 11.6 Å². The minimum Gasteiger partial charge on any atom is -0.490 e. The molecule has 0 bridgehead atoms. The Balaban J connectivity index is 1.49. The third kappa shape index (κ3) is 7.57. The van der Waals surface area contributed by atoms with E-state index in [2.05, 4.69) is 9.47 Å². The van der Waals surface area contributed by atoms with Crippen LogP contribution < -0.4 is 14.2 Å². The van der Waals surface area contributed by atoms with Crippen molar-refractivity contribution in [3.63, 3.8) is 0 Å². The maximum Gasteiger partial charge on any atom is 0.433 e. The second-order valence-corrected chi connectivity index (χ2v) is 9.96. The van der Waals surface area contributed by atoms with Crippen molar-refractivity contribution in [2.24, 2.45) is 0 Å². The number of hydrogen-bond acceptors (Lipinski definition) is 3. The molecule has 0 aliphatic heterocycles. The highest BCUT2D eigenvalue weighted by molar-refractivity contribution is 5.84. The molecule has 4 rings (SSSR count). The fraction of sp³-hybridized carbons (Fsp3) is 0.212. The van der Waals surface area contributed by atoms with Crippen molar-refractivity contribution < 1.29 is 58.1 Å². The number of rotatable bonds is 12. The Kier molecular flexibility index (Phi) is 10.5. The van der Waals surface area contributed by atoms with E-state index in [1.54, 1.807) is 0 Å². The van der Waals surface area contributed by atoms with E-state index in [0.29, 0.717) is 30.5 Å². The molecule has 0 heterocycles. The molecule has 0 aliphatic rings. The molecule has 4 aromatic carbocycles. The summed E-state index contributed by atoms with van der Waals surface area (Å²) >= 11 is 0. The topological polar surface area (TPSA) is 27.7 Å². The second-order valence-electron chi connectivity index (χ2n) is 9.96. The van der Waals surface area contributed by atoms with Gasteiger partial charge in [0.05, 0.1) is 6.61 Å². The first-order valence-electron chi connectivity index (χ1n) is 13.6. The Bertz CT molecular complexity index is 1770. The number of benzene rings is 4. The van der Waals surface area contributed by atoms with E-state index in [1.807, 2.05) is 6.92 Å². The van der Waals surface area contributed by atoms with Crippen LogP contribution in [0, 0.1) is 41.8 Å². The summed E-state index contributed by atoms with van der Waals surface area (Å²) in [6.07, 6.45) is -3.11. The van der Waals surface area contributed by atoms with Crippen LogP contribution in [0.25, 0.3) is 22.8 Å². The molecule has 0 amide bonds. The average Bonchev–Trinajstić information content (AvgIpc) is 3.00. The second kappa shape index (κ2) is 14.2. The molecule has 0 saturated carbocycles. The highest BCUT2D eigenvalue weighted by Gasteiger charge is 2.36. The van der Waals surface area contributed by atoms with Gasteiger partial charge in [-0.05, 0) is 73.0 Å². The monoisotopic (exact) mass is 658 g/mol. The van der Waals surface area contributed by atoms with E-state index >= 15 is 0 Å². The average molecular weight is 659 g/mol. The fourth-order valence-corrected chi connectivity index (χ4v) is 4.14. The summed E-state index contributed by atoms with van der Waals surface area (Å²) in [5, 5.41) is 0. The Morgan fingerprint density at radius 2 is 1.20 bits per heavy atom. The van der Waals surface area contributed by atoms with Crippen LogP contribution in [0.1, 0.15) is 36.5 Å². The fourth-order valence-electron chi connectivity index (χ4n) is 4.14. The lowest BCUT2D eigenvalue weighted by molar-refractivity contribution is -0.197. The summed E-state index contributed by atoms with van der Waals surface area (Å²) in [5.41, 5.74) is -2.22. The van der Waals surface area contributed by atoms with E-state index in [1.165, 1.54) is 13.0 Å². The number of ether oxygens (including phenoxy) is 3. The molecule has 4 aromatic rings. The SMILES string of the molecule is CCCCOc1ccc(OC(F)(F)COc2ccc(-c3ccc(/C(F)=C(\F)c4ccc(C)cc4F)c(F)c3)c(F)c2F)c(F)c1F. The number of aryl methyl sites for hydroxylation is 1. The molecule has 0 aromatic heterocycles. The van der Waals surface area contributed by atoms with Gasteiger partial charge in [-0.15, -0.1) is 0 Å². The molecular formula is C33H24F10O3. The van der Waals surface area contributed by atoms with E-state index in [4.69, 9.17) is 4.74 Å². The summed E-state index contributed by atoms with van der Waals surface area (Å²) in [4.78, 5) is 0. The molecule has 3 nitrogen and oxygen atoms in total. The molecule has 0 unspecified atom stereocenters. The van der Waals surface area contributed by atoms with Gasteiger partial charge < -0.3 is 14.2 Å². The van der Waals surface area contributed by atoms with Gasteiger partial charge in [0.25, 0.3) is 0 Å². The van der Waals surface area contributed by atoms with Crippen LogP contribution in [-0.4, -0.2) is 19.3 Å². The first kappa shape index (κ1) is 34.2. The highest BCUT2D eigenvalue weighted by atomic mass is 19.3. The first-order valence-corrected chi connectivity index (χ1v) is 13.6. The van der Waals surface area contributed by atoms with Gasteiger partial charge in [-0.25, -0.2) is 22.0 Å². The van der Waals surface area contributed by atoms with Crippen molar-refractivity contribution in [2.75, 3.05) is 13.2 Å². The van der Waals surface area contributed by atoms with Gasteiger partial charge in [-0.2, -0.15) is 22.0 Å². The number of unbranched alkanes of at least 4 members (excludes halogenated alkanes) is 1. The molecule has 46 heavy (non-hydrogen) atoms. The quantitative estimate of drug-likeness (QED) is 0.0862. The Labute approximate surface area is 256 Å². The summed E-state index contributed by atoms with van der Waals surface area (Å²) in [7, 11) is 0. The van der Waals surface area contributed by atoms with E-state index in [-0.39, 0.29) is 12.2 Å². The Morgan fingerprint density at radius 1 is 0.652 bits per heavy atom. The van der Waals surface area contributed by atoms with Crippen molar-refractivity contribution >= 4 is 11.7 Å². The van der Waals surface area contributed by atoms with Crippen LogP contribution in [0.5, 0.6) is 17.2 Å². The number of alkyl halides is 2. The van der Waals surface area contributed by atoms with Gasteiger partial charge in [0.15, 0.2) is 41.3 Å². The zero-order chi connectivity index (χ0) is 33.8. The molecule has 244 valence electrons. The van der Waals surface area contributed by atoms with Crippen LogP contribution in [0.3, 0.4) is 0 Å². The first-order chi connectivity index (χ1) is 21.7. The van der Waals surface area contributed by atoms with Crippen LogP contribution in [-0.2, 0) is 0 Å². The third-order valence-corrected chi connectivity index (χ3v) is 6.54. The largest absolute Gasteiger partial charge is 0.490 e. The summed E-state index contributed by atoms with van der Waals surface area (Å²) in [6, 6.07) is 8.57. The lowest BCUT2D eigenvalue weighted by Crippen LogP contribution is -2.33. The maximum atomic E-state index is 14.9. The normalized spacial score (nSPS) is 12.2. The van der Waals surface area contributed by atoms with Gasteiger partial charge in [-0.1, -0.05) is 25.5 Å². The van der Waals surface area contributed by atoms with Crippen molar-refractivity contribution in [3.8, 4) is 28.4 Å². The van der Waals surface area contributed by atoms with Crippen molar-refractivity contribution in [3.05, 3.63) is 112 Å². The molecule has 0 spiro atoms. The number of halogens is 10. The van der Waals surface area contributed by atoms with Gasteiger partial charge >= 0.3 is 6.11 Å². The lowest BCUT2D eigenvalue weighted by Gasteiger charge is -2.20. The zero-order valence-corrected chi connectivity index (χ0v) is 24.1. The van der Waals surface area contributed by atoms with Crippen molar-refractivity contribution in [1.29, 1.82) is 0 Å². The molecule has 0 aliphatic carbocycles. The van der Waals surface area contributed by atoms with Crippen LogP contribution in [0.2, 0.25) is 0 Å². The van der Waals surface area contributed by atoms with Crippen LogP contribution in [0.15, 0.2) is 60.7 Å². The molecule has 0 saturated heterocycles. The summed E-state index contributed by atoms with van der Waals surface area (Å²) < 4.78 is 159. The van der Waals surface area contributed by atoms with Crippen LogP contribution in [0.4, 0.5) is 43.9 Å². The summed E-state index contributed by atoms with van der Waals surface area (Å²) in [6.45, 7) is 1.65. The highest BCUT2D eigenvalue weighted by Crippen LogP contribution is 2.36. The standard InChI is InChI=1S/C33H24F10O3/c1-3-4-13-44-24-11-12-26(32(41)31(24)40)46-33(42,43)16-45-25-10-9-19(27(36)30(25)39)18-6-8-21(23(35)15-18)29(38)28(37)20-7-5-17(2)14-22(20)34/h5-12,14-15H,3-4,13,16H2,1-2H3/b29-28+. The van der Waals surface area contributed by atoms with Crippen molar-refractivity contribution in [1.82, 2.24) is 0 Å². The summed E-state index contributed by atoms with van der Waals surface area (Å²) in [5.74, 6) is -15.5. The zero-order valence-electron chi connectivity index (χ0n) is 24.1. The lowest BCUT2D eigenvalue weighted by atomic mass is 10.0. The predicted molar refractivity (Wildman–Crippen MR) is 150 cm³/mol. The minimum atomic E-state index is -4.35. The molecule has 13 heteroatoms. The van der Waals surface area contributed by atoms with E-state index < -0.39 is 93.2 Å². The van der Waals surface area contributed by atoms with E-state index in [9.17, 15) is 43.9 Å². The smallest absolute Gasteiger partial charge is 0.433 e. The molecule has 0 fully saturated rings. The predicted octanol–water partition coefficient (Wildman–Crippen LogP) is 10.5. The molecule has 0 radical (unpaired) electrons. The van der Waals surface area contributed by atoms with Gasteiger partial charge in [-0.3, -0.25) is 0 Å². The maximum absolute atomic E-state index is 14.9. The van der Waals surface area contributed by atoms with E-state index in [0.717, 1.165) is 42.5 Å². The van der Waals surface area contributed by atoms with Crippen LogP contribution >= 0.6 is 0 Å². The Morgan fingerprint density at radius 3 is 1.83 bits per heavy atom. The minimum absolute atomic E-state index is 0.0605. The number of hydrogen-bond donors (Lipinski definition) is 0. The molecular weight excluding hydrogens is 634 g/mol. The molecule has 0 atom stereocenters. The van der Waals surface area contributed by atoms with Crippen molar-refractivity contribution in [2.45, 2.75) is 32.8 Å². The Hall–Kier alpha value is -4.68. The third-order valence-electron chi connectivity index (χ3n) is 6.54. The van der Waals surface area contributed by atoms with Gasteiger partial charge in [0, 0.05) is 16.7 Å². The van der Waals surface area contributed by atoms with Gasteiger partial charge in [0.2, 0.25) is 17.5 Å².